The van der Waals surface area contributed by atoms with E-state index in [9.17, 15) is 19.2 Å². The minimum Gasteiger partial charge on any atom is -0.381 e. The fraction of sp³-hybridized carbons (Fsp3) is 0.233. The number of benzene rings is 2. The van der Waals surface area contributed by atoms with Gasteiger partial charge in [0.25, 0.3) is 11.5 Å². The molecule has 0 aliphatic heterocycles. The number of hydrazine groups is 1. The molecule has 41 heavy (non-hydrogen) atoms. The molecule has 0 atom stereocenters. The molecule has 0 saturated heterocycles. The lowest BCUT2D eigenvalue weighted by Crippen LogP contribution is -2.42. The number of hydrogen-bond acceptors (Lipinski definition) is 8. The topological polar surface area (TPSA) is 144 Å². The highest BCUT2D eigenvalue weighted by atomic mass is 16.5. The summed E-state index contributed by atoms with van der Waals surface area (Å²) in [7, 11) is 3.38. The Morgan fingerprint density at radius 2 is 1.85 bits per heavy atom. The number of primary amides is 1. The molecular weight excluding hydrogens is 524 g/mol. The van der Waals surface area contributed by atoms with Crippen molar-refractivity contribution in [2.24, 2.45) is 12.8 Å². The van der Waals surface area contributed by atoms with Gasteiger partial charge in [0, 0.05) is 43.1 Å². The lowest BCUT2D eigenvalue weighted by molar-refractivity contribution is 0.0995. The normalized spacial score (nSPS) is 10.8. The van der Waals surface area contributed by atoms with Gasteiger partial charge in [-0.3, -0.25) is 29.2 Å². The second-order valence-electron chi connectivity index (χ2n) is 9.63. The summed E-state index contributed by atoms with van der Waals surface area (Å²) < 4.78 is 6.64. The average molecular weight is 557 g/mol. The zero-order valence-electron chi connectivity index (χ0n) is 23.8. The second-order valence-corrected chi connectivity index (χ2v) is 9.63. The zero-order chi connectivity index (χ0) is 30.0. The average Bonchev–Trinajstić information content (AvgIpc) is 3.19. The predicted molar refractivity (Wildman–Crippen MR) is 158 cm³/mol. The highest BCUT2D eigenvalue weighted by molar-refractivity contribution is 6.09. The van der Waals surface area contributed by atoms with Crippen LogP contribution >= 0.6 is 0 Å². The highest BCUT2D eigenvalue weighted by Crippen LogP contribution is 2.32. The Morgan fingerprint density at radius 1 is 1.12 bits per heavy atom. The number of anilines is 3. The number of rotatable bonds is 9. The van der Waals surface area contributed by atoms with Crippen LogP contribution in [0, 0.1) is 20.8 Å². The Balaban J connectivity index is 1.76. The monoisotopic (exact) mass is 556 g/mol. The van der Waals surface area contributed by atoms with Gasteiger partial charge < -0.3 is 15.6 Å². The minimum absolute atomic E-state index is 0.0390. The molecule has 0 radical (unpaired) electrons. The Labute approximate surface area is 237 Å². The molecule has 11 nitrogen and oxygen atoms in total. The molecule has 0 spiro atoms. The lowest BCUT2D eigenvalue weighted by atomic mass is 10.0. The fourth-order valence-electron chi connectivity index (χ4n) is 4.90. The van der Waals surface area contributed by atoms with Crippen LogP contribution in [-0.2, 0) is 7.05 Å². The summed E-state index contributed by atoms with van der Waals surface area (Å²) >= 11 is 0. The number of pyridine rings is 1. The Kier molecular flexibility index (Phi) is 8.08. The summed E-state index contributed by atoms with van der Waals surface area (Å²) in [5.74, 6) is -0.660. The third kappa shape index (κ3) is 5.60. The van der Waals surface area contributed by atoms with E-state index in [1.54, 1.807) is 50.2 Å². The van der Waals surface area contributed by atoms with Crippen LogP contribution in [0.25, 0.3) is 11.1 Å². The van der Waals surface area contributed by atoms with Gasteiger partial charge in [0.2, 0.25) is 5.91 Å². The number of hydrogen-bond donors (Lipinski definition) is 2. The molecule has 2 heterocycles. The molecular formula is C30H32N6O5. The van der Waals surface area contributed by atoms with E-state index in [-0.39, 0.29) is 22.4 Å². The number of carbonyl (C=O) groups is 3. The number of aldehydes is 1. The molecule has 0 unspecified atom stereocenters. The van der Waals surface area contributed by atoms with E-state index in [4.69, 9.17) is 10.3 Å². The zero-order valence-corrected chi connectivity index (χ0v) is 23.8. The van der Waals surface area contributed by atoms with Crippen LogP contribution in [0.1, 0.15) is 55.1 Å². The molecule has 4 rings (SSSR count). The summed E-state index contributed by atoms with van der Waals surface area (Å²) in [5, 5.41) is 6.39. The van der Waals surface area contributed by atoms with Gasteiger partial charge in [-0.2, -0.15) is 4.74 Å². The molecule has 4 aromatic rings. The molecule has 11 heteroatoms. The van der Waals surface area contributed by atoms with Crippen LogP contribution in [0.2, 0.25) is 0 Å². The first-order valence-corrected chi connectivity index (χ1v) is 12.9. The maximum atomic E-state index is 13.6. The van der Waals surface area contributed by atoms with E-state index in [2.05, 4.69) is 10.3 Å². The predicted octanol–water partition coefficient (Wildman–Crippen LogP) is 4.01. The molecule has 2 aromatic heterocycles. The third-order valence-corrected chi connectivity index (χ3v) is 6.78. The number of amides is 2. The van der Waals surface area contributed by atoms with E-state index in [1.165, 1.54) is 10.8 Å². The summed E-state index contributed by atoms with van der Waals surface area (Å²) in [6.45, 7) is 7.64. The van der Waals surface area contributed by atoms with Gasteiger partial charge in [0.1, 0.15) is 5.76 Å². The van der Waals surface area contributed by atoms with E-state index in [1.807, 2.05) is 44.1 Å². The first-order valence-electron chi connectivity index (χ1n) is 12.9. The molecule has 3 N–H and O–H groups in total. The van der Waals surface area contributed by atoms with Gasteiger partial charge in [0.15, 0.2) is 12.0 Å². The van der Waals surface area contributed by atoms with Crippen molar-refractivity contribution >= 4 is 35.2 Å². The Bertz CT molecular complexity index is 1720. The van der Waals surface area contributed by atoms with Crippen LogP contribution < -0.4 is 26.6 Å². The quantitative estimate of drug-likeness (QED) is 0.233. The standard InChI is InChI=1S/C30H32N6O5/c1-7-36(34(5)24-12-11-20(13-17(24)2)25-19(4)41-35(6)30(25)40)27-22(16-37)14-18(3)32-26(27)29(39)33-23-10-8-9-21(15-23)28(31)38/h8-16H,7H2,1-6H3,(H2,31,38)(H,33,39). The largest absolute Gasteiger partial charge is 0.381 e. The lowest BCUT2D eigenvalue weighted by Gasteiger charge is -2.37. The first-order chi connectivity index (χ1) is 19.5. The highest BCUT2D eigenvalue weighted by Gasteiger charge is 2.26. The van der Waals surface area contributed by atoms with E-state index >= 15 is 0 Å². The molecule has 0 aliphatic carbocycles. The van der Waals surface area contributed by atoms with Gasteiger partial charge in [-0.15, -0.1) is 0 Å². The number of aromatic nitrogens is 2. The molecule has 0 aliphatic rings. The fourth-order valence-corrected chi connectivity index (χ4v) is 4.90. The van der Waals surface area contributed by atoms with Crippen LogP contribution in [0.15, 0.2) is 57.8 Å². The van der Waals surface area contributed by atoms with Gasteiger partial charge >= 0.3 is 0 Å². The van der Waals surface area contributed by atoms with Crippen molar-refractivity contribution in [3.63, 3.8) is 0 Å². The summed E-state index contributed by atoms with van der Waals surface area (Å²) in [5.41, 5.74) is 9.74. The third-order valence-electron chi connectivity index (χ3n) is 6.78. The Morgan fingerprint density at radius 3 is 2.44 bits per heavy atom. The molecule has 2 aromatic carbocycles. The molecule has 0 bridgehead atoms. The summed E-state index contributed by atoms with van der Waals surface area (Å²) in [6, 6.07) is 13.5. The first kappa shape index (κ1) is 28.8. The number of nitrogens with zero attached hydrogens (tertiary/aromatic N) is 4. The van der Waals surface area contributed by atoms with E-state index in [0.717, 1.165) is 16.8 Å². The maximum absolute atomic E-state index is 13.6. The van der Waals surface area contributed by atoms with Gasteiger partial charge in [-0.25, -0.2) is 4.98 Å². The molecule has 0 saturated carbocycles. The van der Waals surface area contributed by atoms with Crippen molar-refractivity contribution in [3.05, 3.63) is 92.7 Å². The van der Waals surface area contributed by atoms with Crippen LogP contribution in [0.5, 0.6) is 0 Å². The van der Waals surface area contributed by atoms with E-state index < -0.39 is 11.8 Å². The van der Waals surface area contributed by atoms with Crippen molar-refractivity contribution < 1.29 is 18.9 Å². The summed E-state index contributed by atoms with van der Waals surface area (Å²) in [6.07, 6.45) is 0.693. The molecule has 2 amide bonds. The van der Waals surface area contributed by atoms with Gasteiger partial charge in [0.05, 0.1) is 16.9 Å². The van der Waals surface area contributed by atoms with E-state index in [0.29, 0.717) is 41.2 Å². The van der Waals surface area contributed by atoms with Crippen LogP contribution in [0.4, 0.5) is 17.1 Å². The molecule has 0 fully saturated rings. The van der Waals surface area contributed by atoms with Gasteiger partial charge in [-0.05, 0) is 75.2 Å². The number of nitrogens with two attached hydrogens (primary N) is 1. The van der Waals surface area contributed by atoms with Crippen molar-refractivity contribution in [1.29, 1.82) is 0 Å². The smallest absolute Gasteiger partial charge is 0.290 e. The van der Waals surface area contributed by atoms with Crippen molar-refractivity contribution in [3.8, 4) is 11.1 Å². The Hall–Kier alpha value is -5.19. The number of nitrogens with one attached hydrogen (secondary N) is 1. The number of aryl methyl sites for hydroxylation is 4. The summed E-state index contributed by atoms with van der Waals surface area (Å²) in [4.78, 5) is 54.5. The van der Waals surface area contributed by atoms with Crippen molar-refractivity contribution in [2.75, 3.05) is 28.9 Å². The maximum Gasteiger partial charge on any atom is 0.290 e. The van der Waals surface area contributed by atoms with Crippen molar-refractivity contribution in [2.45, 2.75) is 27.7 Å². The van der Waals surface area contributed by atoms with Crippen molar-refractivity contribution in [1.82, 2.24) is 9.72 Å². The van der Waals surface area contributed by atoms with Crippen LogP contribution in [0.3, 0.4) is 0 Å². The van der Waals surface area contributed by atoms with Crippen LogP contribution in [-0.4, -0.2) is 41.4 Å². The SMILES string of the molecule is CCN(c1c(C=O)cc(C)nc1C(=O)Nc1cccc(C(N)=O)c1)N(C)c1ccc(-c2c(C)on(C)c2=O)cc1C. The molecule has 212 valence electrons. The number of carbonyl (C=O) groups excluding carboxylic acids is 3. The minimum atomic E-state index is -0.623. The van der Waals surface area contributed by atoms with Gasteiger partial charge in [-0.1, -0.05) is 12.1 Å². The second kappa shape index (κ2) is 11.5.